The molecule has 2 aromatic carbocycles. The van der Waals surface area contributed by atoms with Gasteiger partial charge in [0.1, 0.15) is 17.2 Å². The number of phenols is 3. The van der Waals surface area contributed by atoms with Crippen LogP contribution in [0.15, 0.2) is 30.3 Å². The van der Waals surface area contributed by atoms with E-state index in [-0.39, 0.29) is 28.7 Å². The van der Waals surface area contributed by atoms with Gasteiger partial charge in [-0.2, -0.15) is 0 Å². The van der Waals surface area contributed by atoms with E-state index >= 15 is 0 Å². The lowest BCUT2D eigenvalue weighted by Gasteiger charge is -2.06. The quantitative estimate of drug-likeness (QED) is 0.514. The molecule has 1 aliphatic rings. The summed E-state index contributed by atoms with van der Waals surface area (Å²) in [5, 5.41) is 31.9. The molecule has 0 saturated heterocycles. The van der Waals surface area contributed by atoms with Crippen LogP contribution in [0.25, 0.3) is 11.6 Å². The van der Waals surface area contributed by atoms with Crippen LogP contribution >= 0.6 is 11.6 Å². The lowest BCUT2D eigenvalue weighted by Crippen LogP contribution is -2.03. The standard InChI is InChI=1S/C17H14ClNO4/c18-4-3-9-1-2-14-11(5-9)12(17(23)19-14)8-13-15(21)6-10(20)7-16(13)22/h1-2,5-8,20-22H,3-4H2,(H,19,23). The summed E-state index contributed by atoms with van der Waals surface area (Å²) in [6, 6.07) is 7.75. The molecular formula is C17H14ClNO4. The normalized spacial score (nSPS) is 14.8. The molecule has 0 fully saturated rings. The van der Waals surface area contributed by atoms with Crippen molar-refractivity contribution in [3.05, 3.63) is 47.0 Å². The highest BCUT2D eigenvalue weighted by Crippen LogP contribution is 2.39. The molecule has 0 unspecified atom stereocenters. The fourth-order valence-electron chi connectivity index (χ4n) is 2.54. The zero-order chi connectivity index (χ0) is 16.6. The number of nitrogens with one attached hydrogen (secondary N) is 1. The predicted molar refractivity (Wildman–Crippen MR) is 88.8 cm³/mol. The third-order valence-corrected chi connectivity index (χ3v) is 3.85. The molecule has 0 bridgehead atoms. The minimum absolute atomic E-state index is 0.0727. The van der Waals surface area contributed by atoms with Crippen LogP contribution in [0, 0.1) is 0 Å². The summed E-state index contributed by atoms with van der Waals surface area (Å²) in [5.41, 5.74) is 2.73. The molecule has 0 aliphatic carbocycles. The summed E-state index contributed by atoms with van der Waals surface area (Å²) in [6.45, 7) is 0. The number of aryl methyl sites for hydroxylation is 1. The van der Waals surface area contributed by atoms with Gasteiger partial charge in [-0.3, -0.25) is 4.79 Å². The van der Waals surface area contributed by atoms with Gasteiger partial charge >= 0.3 is 0 Å². The Morgan fingerprint density at radius 2 is 1.78 bits per heavy atom. The second kappa shape index (κ2) is 5.85. The first kappa shape index (κ1) is 15.2. The lowest BCUT2D eigenvalue weighted by atomic mass is 10.00. The largest absolute Gasteiger partial charge is 0.508 e. The van der Waals surface area contributed by atoms with Crippen molar-refractivity contribution in [1.29, 1.82) is 0 Å². The Labute approximate surface area is 137 Å². The highest BCUT2D eigenvalue weighted by Gasteiger charge is 2.25. The van der Waals surface area contributed by atoms with Gasteiger partial charge in [-0.25, -0.2) is 0 Å². The summed E-state index contributed by atoms with van der Waals surface area (Å²) in [7, 11) is 0. The third kappa shape index (κ3) is 2.83. The molecule has 0 spiro atoms. The molecule has 1 amide bonds. The average Bonchev–Trinajstić information content (AvgIpc) is 2.78. The minimum Gasteiger partial charge on any atom is -0.508 e. The van der Waals surface area contributed by atoms with Gasteiger partial charge in [0.2, 0.25) is 0 Å². The number of alkyl halides is 1. The molecule has 23 heavy (non-hydrogen) atoms. The summed E-state index contributed by atoms with van der Waals surface area (Å²) in [5.74, 6) is -0.738. The summed E-state index contributed by atoms with van der Waals surface area (Å²) >= 11 is 5.75. The molecule has 2 aromatic rings. The molecule has 6 heteroatoms. The number of phenolic OH excluding ortho intramolecular Hbond substituents is 3. The average molecular weight is 332 g/mol. The Morgan fingerprint density at radius 1 is 1.09 bits per heavy atom. The van der Waals surface area contributed by atoms with Crippen LogP contribution in [-0.4, -0.2) is 27.1 Å². The molecule has 0 aromatic heterocycles. The predicted octanol–water partition coefficient (Wildman–Crippen LogP) is 3.08. The molecule has 1 aliphatic heterocycles. The Morgan fingerprint density at radius 3 is 2.43 bits per heavy atom. The highest BCUT2D eigenvalue weighted by molar-refractivity contribution is 6.35. The van der Waals surface area contributed by atoms with Crippen LogP contribution in [0.4, 0.5) is 5.69 Å². The van der Waals surface area contributed by atoms with E-state index in [9.17, 15) is 20.1 Å². The van der Waals surface area contributed by atoms with Crippen LogP contribution < -0.4 is 5.32 Å². The second-order valence-electron chi connectivity index (χ2n) is 5.23. The number of fused-ring (bicyclic) bond motifs is 1. The van der Waals surface area contributed by atoms with Gasteiger partial charge in [-0.05, 0) is 30.2 Å². The SMILES string of the molecule is O=C1Nc2ccc(CCCl)cc2C1=Cc1c(O)cc(O)cc1O. The summed E-state index contributed by atoms with van der Waals surface area (Å²) in [4.78, 5) is 12.2. The van der Waals surface area contributed by atoms with Crippen molar-refractivity contribution in [2.75, 3.05) is 11.2 Å². The number of carbonyl (C=O) groups excluding carboxylic acids is 1. The van der Waals surface area contributed by atoms with Gasteiger partial charge in [0.15, 0.2) is 0 Å². The van der Waals surface area contributed by atoms with E-state index < -0.39 is 0 Å². The van der Waals surface area contributed by atoms with E-state index in [0.717, 1.165) is 17.7 Å². The van der Waals surface area contributed by atoms with Crippen molar-refractivity contribution in [2.24, 2.45) is 0 Å². The van der Waals surface area contributed by atoms with Crippen molar-refractivity contribution >= 4 is 34.8 Å². The van der Waals surface area contributed by atoms with Gasteiger partial charge in [0, 0.05) is 34.8 Å². The van der Waals surface area contributed by atoms with E-state index in [1.54, 1.807) is 6.07 Å². The third-order valence-electron chi connectivity index (χ3n) is 3.66. The van der Waals surface area contributed by atoms with Crippen LogP contribution in [0.5, 0.6) is 17.2 Å². The maximum atomic E-state index is 12.2. The molecule has 0 atom stereocenters. The molecule has 0 radical (unpaired) electrons. The number of aromatic hydroxyl groups is 3. The Kier molecular flexibility index (Phi) is 3.88. The molecule has 3 rings (SSSR count). The van der Waals surface area contributed by atoms with E-state index in [1.165, 1.54) is 6.08 Å². The van der Waals surface area contributed by atoms with Crippen molar-refractivity contribution in [3.63, 3.8) is 0 Å². The summed E-state index contributed by atoms with van der Waals surface area (Å²) in [6.07, 6.45) is 2.07. The molecule has 118 valence electrons. The number of amides is 1. The van der Waals surface area contributed by atoms with Crippen molar-refractivity contribution in [1.82, 2.24) is 0 Å². The van der Waals surface area contributed by atoms with E-state index in [4.69, 9.17) is 11.6 Å². The number of hydrogen-bond donors (Lipinski definition) is 4. The molecule has 1 heterocycles. The van der Waals surface area contributed by atoms with Crippen molar-refractivity contribution in [3.8, 4) is 17.2 Å². The summed E-state index contributed by atoms with van der Waals surface area (Å²) < 4.78 is 0. The zero-order valence-electron chi connectivity index (χ0n) is 12.0. The van der Waals surface area contributed by atoms with Gasteiger partial charge in [0.25, 0.3) is 5.91 Å². The number of carbonyl (C=O) groups is 1. The first-order valence-electron chi connectivity index (χ1n) is 6.97. The van der Waals surface area contributed by atoms with Gasteiger partial charge in [-0.1, -0.05) is 6.07 Å². The smallest absolute Gasteiger partial charge is 0.256 e. The second-order valence-corrected chi connectivity index (χ2v) is 5.61. The maximum Gasteiger partial charge on any atom is 0.256 e. The Bertz CT molecular complexity index is 806. The molecule has 5 nitrogen and oxygen atoms in total. The van der Waals surface area contributed by atoms with E-state index in [0.29, 0.717) is 29.1 Å². The first-order valence-corrected chi connectivity index (χ1v) is 7.50. The monoisotopic (exact) mass is 331 g/mol. The number of hydrogen-bond acceptors (Lipinski definition) is 4. The van der Waals surface area contributed by atoms with Crippen LogP contribution in [-0.2, 0) is 11.2 Å². The minimum atomic E-state index is -0.324. The molecule has 0 saturated carbocycles. The van der Waals surface area contributed by atoms with Crippen molar-refractivity contribution in [2.45, 2.75) is 6.42 Å². The Balaban J connectivity index is 2.11. The number of anilines is 1. The Hall–Kier alpha value is -2.66. The van der Waals surface area contributed by atoms with Crippen LogP contribution in [0.3, 0.4) is 0 Å². The van der Waals surface area contributed by atoms with Crippen molar-refractivity contribution < 1.29 is 20.1 Å². The van der Waals surface area contributed by atoms with Crippen LogP contribution in [0.1, 0.15) is 16.7 Å². The maximum absolute atomic E-state index is 12.2. The topological polar surface area (TPSA) is 89.8 Å². The van der Waals surface area contributed by atoms with Gasteiger partial charge in [-0.15, -0.1) is 11.6 Å². The lowest BCUT2D eigenvalue weighted by molar-refractivity contribution is -0.110. The molecule has 4 N–H and O–H groups in total. The highest BCUT2D eigenvalue weighted by atomic mass is 35.5. The number of halogens is 1. The van der Waals surface area contributed by atoms with Gasteiger partial charge in [0.05, 0.1) is 5.56 Å². The number of rotatable bonds is 3. The van der Waals surface area contributed by atoms with Crippen LogP contribution in [0.2, 0.25) is 0 Å². The fraction of sp³-hybridized carbons (Fsp3) is 0.118. The fourth-order valence-corrected chi connectivity index (χ4v) is 2.76. The number of benzene rings is 2. The van der Waals surface area contributed by atoms with E-state index in [1.807, 2.05) is 12.1 Å². The molecular weight excluding hydrogens is 318 g/mol. The van der Waals surface area contributed by atoms with Gasteiger partial charge < -0.3 is 20.6 Å². The first-order chi connectivity index (χ1) is 11.0. The van der Waals surface area contributed by atoms with E-state index in [2.05, 4.69) is 5.32 Å². The zero-order valence-corrected chi connectivity index (χ0v) is 12.8.